The van der Waals surface area contributed by atoms with Gasteiger partial charge in [0.25, 0.3) is 11.8 Å². The van der Waals surface area contributed by atoms with E-state index in [-0.39, 0.29) is 29.4 Å². The quantitative estimate of drug-likeness (QED) is 0.769. The van der Waals surface area contributed by atoms with E-state index in [1.165, 1.54) is 10.5 Å². The highest BCUT2D eigenvalue weighted by atomic mass is 16.5. The van der Waals surface area contributed by atoms with Gasteiger partial charge in [0, 0.05) is 29.9 Å². The summed E-state index contributed by atoms with van der Waals surface area (Å²) >= 11 is 0. The lowest BCUT2D eigenvalue weighted by atomic mass is 9.87. The van der Waals surface area contributed by atoms with Crippen molar-refractivity contribution in [3.05, 3.63) is 58.7 Å². The van der Waals surface area contributed by atoms with Crippen LogP contribution >= 0.6 is 0 Å². The van der Waals surface area contributed by atoms with Crippen LogP contribution in [0.15, 0.2) is 36.4 Å². The lowest BCUT2D eigenvalue weighted by Gasteiger charge is -2.40. The molecule has 2 heterocycles. The van der Waals surface area contributed by atoms with Crippen molar-refractivity contribution in [1.29, 1.82) is 0 Å². The van der Waals surface area contributed by atoms with Crippen molar-refractivity contribution < 1.29 is 19.1 Å². The lowest BCUT2D eigenvalue weighted by Crippen LogP contribution is -2.51. The standard InChI is InChI=1S/C23H21NO4/c1-13-6-7-18(19-20(13)27-12-23(19)8-9-23)28-15-10-14(11-15)24-21(25)16-4-2-3-5-17(16)22(24)26/h2-7,14-15H,8-12H2,1H3. The monoisotopic (exact) mass is 375 g/mol. The number of amides is 2. The van der Waals surface area contributed by atoms with E-state index < -0.39 is 0 Å². The van der Waals surface area contributed by atoms with Gasteiger partial charge in [0.05, 0.1) is 17.7 Å². The molecular weight excluding hydrogens is 354 g/mol. The highest BCUT2D eigenvalue weighted by Crippen LogP contribution is 2.59. The molecule has 0 atom stereocenters. The van der Waals surface area contributed by atoms with Gasteiger partial charge >= 0.3 is 0 Å². The van der Waals surface area contributed by atoms with E-state index in [1.807, 2.05) is 0 Å². The number of aryl methyl sites for hydroxylation is 1. The smallest absolute Gasteiger partial charge is 0.261 e. The first-order valence-corrected chi connectivity index (χ1v) is 9.98. The first kappa shape index (κ1) is 16.2. The van der Waals surface area contributed by atoms with E-state index in [0.717, 1.165) is 36.5 Å². The number of imide groups is 1. The number of fused-ring (bicyclic) bond motifs is 3. The van der Waals surface area contributed by atoms with Crippen molar-refractivity contribution in [1.82, 2.24) is 4.90 Å². The second-order valence-electron chi connectivity index (χ2n) is 8.54. The van der Waals surface area contributed by atoms with Crippen LogP contribution in [0.4, 0.5) is 0 Å². The molecule has 2 fully saturated rings. The molecule has 4 aliphatic rings. The molecule has 2 aliphatic carbocycles. The highest BCUT2D eigenvalue weighted by molar-refractivity contribution is 6.21. The molecule has 0 radical (unpaired) electrons. The Hall–Kier alpha value is -2.82. The maximum Gasteiger partial charge on any atom is 0.261 e. The number of nitrogens with zero attached hydrogens (tertiary/aromatic N) is 1. The molecule has 28 heavy (non-hydrogen) atoms. The van der Waals surface area contributed by atoms with Crippen molar-refractivity contribution in [2.45, 2.75) is 50.2 Å². The summed E-state index contributed by atoms with van der Waals surface area (Å²) in [5, 5.41) is 0. The zero-order chi connectivity index (χ0) is 19.0. The number of carbonyl (C=O) groups is 2. The van der Waals surface area contributed by atoms with Gasteiger partial charge in [0.1, 0.15) is 17.6 Å². The Kier molecular flexibility index (Phi) is 3.10. The third-order valence-electron chi connectivity index (χ3n) is 6.75. The lowest BCUT2D eigenvalue weighted by molar-refractivity contribution is 0.0195. The molecule has 1 spiro atoms. The molecule has 2 aromatic carbocycles. The summed E-state index contributed by atoms with van der Waals surface area (Å²) in [6.07, 6.45) is 3.70. The maximum atomic E-state index is 12.6. The van der Waals surface area contributed by atoms with Crippen molar-refractivity contribution in [2.24, 2.45) is 0 Å². The van der Waals surface area contributed by atoms with E-state index in [1.54, 1.807) is 24.3 Å². The van der Waals surface area contributed by atoms with Gasteiger partial charge in [-0.25, -0.2) is 0 Å². The summed E-state index contributed by atoms with van der Waals surface area (Å²) in [7, 11) is 0. The molecule has 0 saturated heterocycles. The Labute approximate surface area is 163 Å². The molecule has 0 aromatic heterocycles. The third-order valence-corrected chi connectivity index (χ3v) is 6.75. The van der Waals surface area contributed by atoms with Gasteiger partial charge in [-0.05, 0) is 43.5 Å². The number of hydrogen-bond donors (Lipinski definition) is 0. The van der Waals surface area contributed by atoms with Crippen LogP contribution in [0.2, 0.25) is 0 Å². The van der Waals surface area contributed by atoms with Crippen LogP contribution in [0.25, 0.3) is 0 Å². The van der Waals surface area contributed by atoms with Crippen LogP contribution in [-0.2, 0) is 5.41 Å². The average Bonchev–Trinajstić information content (AvgIpc) is 3.28. The molecule has 5 nitrogen and oxygen atoms in total. The molecule has 2 saturated carbocycles. The largest absolute Gasteiger partial charge is 0.492 e. The molecule has 0 N–H and O–H groups in total. The van der Waals surface area contributed by atoms with Crippen LogP contribution in [0.5, 0.6) is 11.5 Å². The Morgan fingerprint density at radius 2 is 1.71 bits per heavy atom. The van der Waals surface area contributed by atoms with Crippen LogP contribution in [0, 0.1) is 6.92 Å². The van der Waals surface area contributed by atoms with Crippen LogP contribution in [-0.4, -0.2) is 35.5 Å². The van der Waals surface area contributed by atoms with E-state index in [9.17, 15) is 9.59 Å². The molecule has 2 aromatic rings. The first-order chi connectivity index (χ1) is 13.6. The Balaban J connectivity index is 1.19. The summed E-state index contributed by atoms with van der Waals surface area (Å²) in [6.45, 7) is 2.83. The van der Waals surface area contributed by atoms with Gasteiger partial charge in [-0.1, -0.05) is 18.2 Å². The second-order valence-corrected chi connectivity index (χ2v) is 8.54. The summed E-state index contributed by atoms with van der Waals surface area (Å²) in [5.41, 5.74) is 3.57. The first-order valence-electron chi connectivity index (χ1n) is 9.98. The average molecular weight is 375 g/mol. The van der Waals surface area contributed by atoms with Gasteiger partial charge in [0.2, 0.25) is 0 Å². The van der Waals surface area contributed by atoms with Crippen molar-refractivity contribution in [2.75, 3.05) is 6.61 Å². The number of benzene rings is 2. The number of carbonyl (C=O) groups excluding carboxylic acids is 2. The molecule has 5 heteroatoms. The fraction of sp³-hybridized carbons (Fsp3) is 0.391. The number of ether oxygens (including phenoxy) is 2. The van der Waals surface area contributed by atoms with Crippen LogP contribution in [0.1, 0.15) is 57.5 Å². The minimum Gasteiger partial charge on any atom is -0.492 e. The molecule has 2 amide bonds. The Bertz CT molecular complexity index is 998. The summed E-state index contributed by atoms with van der Waals surface area (Å²) in [4.78, 5) is 26.7. The fourth-order valence-electron chi connectivity index (χ4n) is 4.85. The predicted molar refractivity (Wildman–Crippen MR) is 102 cm³/mol. The summed E-state index contributed by atoms with van der Waals surface area (Å²) < 4.78 is 12.3. The highest BCUT2D eigenvalue weighted by Gasteiger charge is 2.53. The molecule has 6 rings (SSSR count). The van der Waals surface area contributed by atoms with Crippen molar-refractivity contribution in [3.8, 4) is 11.5 Å². The topological polar surface area (TPSA) is 55.8 Å². The minimum atomic E-state index is -0.175. The van der Waals surface area contributed by atoms with Gasteiger partial charge in [-0.2, -0.15) is 0 Å². The van der Waals surface area contributed by atoms with Crippen molar-refractivity contribution in [3.63, 3.8) is 0 Å². The van der Waals surface area contributed by atoms with E-state index in [2.05, 4.69) is 19.1 Å². The van der Waals surface area contributed by atoms with E-state index >= 15 is 0 Å². The van der Waals surface area contributed by atoms with Gasteiger partial charge in [-0.15, -0.1) is 0 Å². The van der Waals surface area contributed by atoms with Crippen LogP contribution < -0.4 is 9.47 Å². The minimum absolute atomic E-state index is 0.0255. The normalized spacial score (nSPS) is 26.0. The third kappa shape index (κ3) is 2.07. The zero-order valence-electron chi connectivity index (χ0n) is 15.7. The van der Waals surface area contributed by atoms with Crippen LogP contribution in [0.3, 0.4) is 0 Å². The SMILES string of the molecule is Cc1ccc(OC2CC(N3C(=O)c4ccccc4C3=O)C2)c2c1OCC21CC1. The molecular formula is C23H21NO4. The molecule has 2 aliphatic heterocycles. The Morgan fingerprint density at radius 1 is 1.04 bits per heavy atom. The molecule has 0 unspecified atom stereocenters. The van der Waals surface area contributed by atoms with Gasteiger partial charge in [-0.3, -0.25) is 14.5 Å². The number of rotatable bonds is 3. The Morgan fingerprint density at radius 3 is 2.36 bits per heavy atom. The summed E-state index contributed by atoms with van der Waals surface area (Å²) in [6, 6.07) is 11.1. The van der Waals surface area contributed by atoms with Gasteiger partial charge < -0.3 is 9.47 Å². The maximum absolute atomic E-state index is 12.6. The molecule has 0 bridgehead atoms. The second kappa shape index (κ2) is 5.37. The molecule has 142 valence electrons. The fourth-order valence-corrected chi connectivity index (χ4v) is 4.85. The van der Waals surface area contributed by atoms with Gasteiger partial charge in [0.15, 0.2) is 0 Å². The van der Waals surface area contributed by atoms with E-state index in [4.69, 9.17) is 9.47 Å². The zero-order valence-corrected chi connectivity index (χ0v) is 15.7. The number of hydrogen-bond acceptors (Lipinski definition) is 4. The predicted octanol–water partition coefficient (Wildman–Crippen LogP) is 3.63. The van der Waals surface area contributed by atoms with E-state index in [0.29, 0.717) is 24.0 Å². The van der Waals surface area contributed by atoms with Crippen molar-refractivity contribution >= 4 is 11.8 Å². The summed E-state index contributed by atoms with van der Waals surface area (Å²) in [5.74, 6) is 1.56.